The van der Waals surface area contributed by atoms with E-state index in [9.17, 15) is 9.59 Å². The van der Waals surface area contributed by atoms with E-state index in [1.54, 1.807) is 12.1 Å². The van der Waals surface area contributed by atoms with Crippen LogP contribution < -0.4 is 10.1 Å². The van der Waals surface area contributed by atoms with Gasteiger partial charge in [0.15, 0.2) is 11.6 Å². The van der Waals surface area contributed by atoms with Crippen molar-refractivity contribution in [3.63, 3.8) is 0 Å². The molecular formula is C30H28ClN5O3. The molecule has 5 rings (SSSR count). The first-order valence-electron chi connectivity index (χ1n) is 12.8. The van der Waals surface area contributed by atoms with Crippen molar-refractivity contribution in [2.24, 2.45) is 4.99 Å². The molecule has 1 aliphatic heterocycles. The lowest BCUT2D eigenvalue weighted by Crippen LogP contribution is -2.25. The average Bonchev–Trinajstić information content (AvgIpc) is 3.26. The van der Waals surface area contributed by atoms with Crippen molar-refractivity contribution >= 4 is 29.0 Å². The van der Waals surface area contributed by atoms with Gasteiger partial charge in [0.2, 0.25) is 5.91 Å². The van der Waals surface area contributed by atoms with Gasteiger partial charge in [-0.2, -0.15) is 0 Å². The van der Waals surface area contributed by atoms with Crippen LogP contribution in [0, 0.1) is 6.92 Å². The van der Waals surface area contributed by atoms with E-state index in [0.29, 0.717) is 41.1 Å². The second-order valence-electron chi connectivity index (χ2n) is 9.27. The highest BCUT2D eigenvalue weighted by atomic mass is 35.5. The predicted octanol–water partition coefficient (Wildman–Crippen LogP) is 4.84. The van der Waals surface area contributed by atoms with Crippen molar-refractivity contribution in [2.75, 3.05) is 13.2 Å². The van der Waals surface area contributed by atoms with E-state index < -0.39 is 6.04 Å². The summed E-state index contributed by atoms with van der Waals surface area (Å²) >= 11 is 6.18. The first-order valence-corrected chi connectivity index (χ1v) is 13.2. The first-order chi connectivity index (χ1) is 18.9. The topological polar surface area (TPSA) is 98.5 Å². The number of hydrogen-bond acceptors (Lipinski definition) is 6. The molecule has 0 bridgehead atoms. The van der Waals surface area contributed by atoms with E-state index in [-0.39, 0.29) is 24.7 Å². The maximum Gasteiger partial charge on any atom is 0.222 e. The summed E-state index contributed by atoms with van der Waals surface area (Å²) in [6.07, 6.45) is 0.419. The molecule has 0 fully saturated rings. The van der Waals surface area contributed by atoms with Gasteiger partial charge >= 0.3 is 0 Å². The van der Waals surface area contributed by atoms with E-state index >= 15 is 0 Å². The van der Waals surface area contributed by atoms with E-state index in [1.807, 2.05) is 79.1 Å². The minimum Gasteiger partial charge on any atom is -0.486 e. The Morgan fingerprint density at radius 3 is 2.54 bits per heavy atom. The number of amides is 1. The molecule has 0 unspecified atom stereocenters. The summed E-state index contributed by atoms with van der Waals surface area (Å²) in [5.74, 6) is 1.64. The zero-order valence-electron chi connectivity index (χ0n) is 21.7. The van der Waals surface area contributed by atoms with Crippen LogP contribution in [-0.4, -0.2) is 45.3 Å². The Hall–Kier alpha value is -4.30. The van der Waals surface area contributed by atoms with Gasteiger partial charge in [0.05, 0.1) is 17.8 Å². The van der Waals surface area contributed by atoms with E-state index in [0.717, 1.165) is 22.4 Å². The predicted molar refractivity (Wildman–Crippen MR) is 150 cm³/mol. The van der Waals surface area contributed by atoms with Gasteiger partial charge in [0.25, 0.3) is 0 Å². The highest BCUT2D eigenvalue weighted by Gasteiger charge is 2.30. The number of fused-ring (bicyclic) bond motifs is 3. The van der Waals surface area contributed by atoms with Crippen molar-refractivity contribution < 1.29 is 14.3 Å². The van der Waals surface area contributed by atoms with Gasteiger partial charge in [-0.05, 0) is 49.7 Å². The molecule has 9 heteroatoms. The van der Waals surface area contributed by atoms with Crippen LogP contribution in [-0.2, 0) is 16.0 Å². The number of nitrogens with one attached hydrogen (secondary N) is 1. The summed E-state index contributed by atoms with van der Waals surface area (Å²) in [7, 11) is 0. The zero-order chi connectivity index (χ0) is 27.4. The van der Waals surface area contributed by atoms with Crippen LogP contribution in [0.1, 0.15) is 47.7 Å². The molecule has 0 spiro atoms. The molecule has 1 aliphatic rings. The molecule has 1 aromatic heterocycles. The second kappa shape index (κ2) is 11.6. The highest BCUT2D eigenvalue weighted by molar-refractivity contribution is 6.30. The number of ether oxygens (including phenoxy) is 1. The van der Waals surface area contributed by atoms with Crippen molar-refractivity contribution in [3.8, 4) is 11.4 Å². The number of benzene rings is 3. The fourth-order valence-corrected chi connectivity index (χ4v) is 4.75. The molecule has 0 aliphatic carbocycles. The lowest BCUT2D eigenvalue weighted by atomic mass is 10.00. The third kappa shape index (κ3) is 5.91. The summed E-state index contributed by atoms with van der Waals surface area (Å²) in [4.78, 5) is 30.3. The van der Waals surface area contributed by atoms with Gasteiger partial charge in [-0.3, -0.25) is 19.1 Å². The van der Waals surface area contributed by atoms with E-state index in [1.165, 1.54) is 0 Å². The molecule has 1 N–H and O–H groups in total. The Labute approximate surface area is 231 Å². The van der Waals surface area contributed by atoms with Crippen LogP contribution >= 0.6 is 11.6 Å². The van der Waals surface area contributed by atoms with Gasteiger partial charge < -0.3 is 10.1 Å². The summed E-state index contributed by atoms with van der Waals surface area (Å²) in [5, 5.41) is 12.2. The van der Waals surface area contributed by atoms with Crippen LogP contribution in [0.25, 0.3) is 5.69 Å². The van der Waals surface area contributed by atoms with E-state index in [4.69, 9.17) is 21.3 Å². The number of carbonyl (C=O) groups is 2. The van der Waals surface area contributed by atoms with Crippen molar-refractivity contribution in [1.82, 2.24) is 20.1 Å². The number of ketones is 1. The van der Waals surface area contributed by atoms with E-state index in [2.05, 4.69) is 15.5 Å². The smallest absolute Gasteiger partial charge is 0.222 e. The molecule has 1 atom stereocenters. The Kier molecular flexibility index (Phi) is 7.84. The molecular weight excluding hydrogens is 514 g/mol. The summed E-state index contributed by atoms with van der Waals surface area (Å²) in [6.45, 7) is 4.21. The van der Waals surface area contributed by atoms with Crippen LogP contribution in [0.4, 0.5) is 0 Å². The monoisotopic (exact) mass is 541 g/mol. The van der Waals surface area contributed by atoms with Gasteiger partial charge in [0.1, 0.15) is 24.2 Å². The number of hydrogen-bond donors (Lipinski definition) is 1. The summed E-state index contributed by atoms with van der Waals surface area (Å²) in [6, 6.07) is 22.0. The molecule has 2 heterocycles. The molecule has 3 aromatic carbocycles. The Balaban J connectivity index is 1.53. The zero-order valence-corrected chi connectivity index (χ0v) is 22.5. The Morgan fingerprint density at radius 2 is 1.79 bits per heavy atom. The molecule has 0 saturated heterocycles. The first kappa shape index (κ1) is 26.3. The lowest BCUT2D eigenvalue weighted by molar-refractivity contribution is -0.121. The number of rotatable bonds is 9. The molecule has 1 amide bonds. The molecule has 198 valence electrons. The molecule has 39 heavy (non-hydrogen) atoms. The van der Waals surface area contributed by atoms with Crippen LogP contribution in [0.2, 0.25) is 5.02 Å². The largest absolute Gasteiger partial charge is 0.486 e. The second-order valence-corrected chi connectivity index (χ2v) is 9.70. The Bertz CT molecular complexity index is 1530. The molecule has 8 nitrogen and oxygen atoms in total. The number of Topliss-reactive ketones (excluding diaryl/α,β-unsaturated/α-hetero) is 1. The fraction of sp³-hybridized carbons (Fsp3) is 0.233. The molecule has 4 aromatic rings. The quantitative estimate of drug-likeness (QED) is 0.327. The maximum absolute atomic E-state index is 12.6. The minimum absolute atomic E-state index is 0.0262. The normalized spacial score (nSPS) is 14.0. The van der Waals surface area contributed by atoms with Gasteiger partial charge in [0, 0.05) is 29.1 Å². The van der Waals surface area contributed by atoms with Gasteiger partial charge in [-0.1, -0.05) is 54.1 Å². The van der Waals surface area contributed by atoms with Crippen molar-refractivity contribution in [2.45, 2.75) is 32.7 Å². The number of nitrogens with zero attached hydrogens (tertiary/aromatic N) is 4. The number of halogens is 1. The van der Waals surface area contributed by atoms with Crippen molar-refractivity contribution in [3.05, 3.63) is 106 Å². The lowest BCUT2D eigenvalue weighted by Gasteiger charge is -2.15. The fourth-order valence-electron chi connectivity index (χ4n) is 4.62. The highest BCUT2D eigenvalue weighted by Crippen LogP contribution is 2.34. The molecule has 0 saturated carbocycles. The number of aryl methyl sites for hydroxylation is 1. The maximum atomic E-state index is 12.6. The third-order valence-electron chi connectivity index (χ3n) is 6.41. The van der Waals surface area contributed by atoms with Crippen molar-refractivity contribution in [1.29, 1.82) is 0 Å². The average molecular weight is 542 g/mol. The van der Waals surface area contributed by atoms with Crippen LogP contribution in [0.5, 0.6) is 5.75 Å². The van der Waals surface area contributed by atoms with Crippen LogP contribution in [0.3, 0.4) is 0 Å². The third-order valence-corrected chi connectivity index (χ3v) is 6.66. The number of carbonyl (C=O) groups excluding carboxylic acids is 2. The number of aromatic nitrogens is 3. The van der Waals surface area contributed by atoms with Crippen LogP contribution in [0.15, 0.2) is 77.8 Å². The number of aliphatic imine (C=N–C) groups is 1. The molecule has 0 radical (unpaired) electrons. The standard InChI is InChI=1S/C30H28ClN5O3/c1-3-32-28(38)17-26-30-35-34-19(2)36(30)27-14-13-24(39-18-23(37)15-20-7-5-4-6-8-20)16-25(27)29(33-26)21-9-11-22(31)12-10-21/h4-14,16,26H,3,15,17-18H2,1-2H3,(H,32,38)/t26-/m0/s1. The minimum atomic E-state index is -0.562. The van der Waals surface area contributed by atoms with Gasteiger partial charge in [-0.15, -0.1) is 10.2 Å². The SMILES string of the molecule is CCNC(=O)C[C@@H]1N=C(c2ccc(Cl)cc2)c2cc(OCC(=O)Cc3ccccc3)ccc2-n2c(C)nnc21. The Morgan fingerprint density at radius 1 is 1.03 bits per heavy atom. The summed E-state index contributed by atoms with van der Waals surface area (Å²) in [5.41, 5.74) is 4.02. The van der Waals surface area contributed by atoms with Gasteiger partial charge in [-0.25, -0.2) is 0 Å². The summed E-state index contributed by atoms with van der Waals surface area (Å²) < 4.78 is 7.87.